The van der Waals surface area contributed by atoms with Crippen LogP contribution in [0.15, 0.2) is 0 Å². The van der Waals surface area contributed by atoms with E-state index in [-0.39, 0.29) is 0 Å². The lowest BCUT2D eigenvalue weighted by molar-refractivity contribution is 0.124. The van der Waals surface area contributed by atoms with Gasteiger partial charge in [-0.3, -0.25) is 0 Å². The fourth-order valence-electron chi connectivity index (χ4n) is 3.91. The van der Waals surface area contributed by atoms with Crippen molar-refractivity contribution in [2.75, 3.05) is 19.6 Å². The van der Waals surface area contributed by atoms with E-state index < -0.39 is 0 Å². The molecular formula is C17H34N2. The summed E-state index contributed by atoms with van der Waals surface area (Å²) in [7, 11) is 0. The molecule has 1 aliphatic heterocycles. The molecule has 1 saturated carbocycles. The number of hydrogen-bond acceptors (Lipinski definition) is 2. The van der Waals surface area contributed by atoms with Crippen molar-refractivity contribution in [3.8, 4) is 0 Å². The van der Waals surface area contributed by atoms with Crippen LogP contribution in [0.3, 0.4) is 0 Å². The highest BCUT2D eigenvalue weighted by Crippen LogP contribution is 2.27. The molecule has 0 radical (unpaired) electrons. The van der Waals surface area contributed by atoms with Crippen LogP contribution < -0.4 is 5.32 Å². The highest BCUT2D eigenvalue weighted by molar-refractivity contribution is 4.83. The summed E-state index contributed by atoms with van der Waals surface area (Å²) in [5.74, 6) is 1.04. The van der Waals surface area contributed by atoms with E-state index in [1.807, 2.05) is 0 Å². The van der Waals surface area contributed by atoms with Crippen LogP contribution >= 0.6 is 0 Å². The van der Waals surface area contributed by atoms with Crippen LogP contribution in [-0.2, 0) is 0 Å². The van der Waals surface area contributed by atoms with Crippen molar-refractivity contribution < 1.29 is 0 Å². The monoisotopic (exact) mass is 266 g/mol. The molecule has 2 atom stereocenters. The Hall–Kier alpha value is -0.0800. The number of nitrogens with one attached hydrogen (secondary N) is 1. The number of piperidine rings is 1. The molecule has 2 unspecified atom stereocenters. The standard InChI is InChI=1S/C17H34N2/c1-3-11-18-17-10-13-19(15(2)14-17)12-9-16-7-5-4-6-8-16/h15-18H,3-14H2,1-2H3. The minimum absolute atomic E-state index is 0.779. The summed E-state index contributed by atoms with van der Waals surface area (Å²) in [5.41, 5.74) is 0. The van der Waals surface area contributed by atoms with E-state index in [1.165, 1.54) is 77.4 Å². The zero-order chi connectivity index (χ0) is 13.5. The average Bonchev–Trinajstić information content (AvgIpc) is 2.45. The van der Waals surface area contributed by atoms with Gasteiger partial charge < -0.3 is 10.2 Å². The lowest BCUT2D eigenvalue weighted by atomic mass is 9.86. The third-order valence-corrected chi connectivity index (χ3v) is 5.25. The molecule has 1 saturated heterocycles. The van der Waals surface area contributed by atoms with E-state index >= 15 is 0 Å². The maximum absolute atomic E-state index is 3.70. The van der Waals surface area contributed by atoms with Gasteiger partial charge >= 0.3 is 0 Å². The van der Waals surface area contributed by atoms with Gasteiger partial charge in [-0.2, -0.15) is 0 Å². The Morgan fingerprint density at radius 1 is 1.11 bits per heavy atom. The molecule has 0 bridgehead atoms. The van der Waals surface area contributed by atoms with Gasteiger partial charge in [-0.1, -0.05) is 39.0 Å². The van der Waals surface area contributed by atoms with Crippen molar-refractivity contribution in [3.63, 3.8) is 0 Å². The Bertz CT molecular complexity index is 235. The van der Waals surface area contributed by atoms with E-state index in [2.05, 4.69) is 24.1 Å². The fourth-order valence-corrected chi connectivity index (χ4v) is 3.91. The molecule has 0 amide bonds. The van der Waals surface area contributed by atoms with Crippen LogP contribution in [0.1, 0.15) is 71.6 Å². The molecule has 19 heavy (non-hydrogen) atoms. The number of nitrogens with zero attached hydrogens (tertiary/aromatic N) is 1. The van der Waals surface area contributed by atoms with Crippen molar-refractivity contribution in [3.05, 3.63) is 0 Å². The SMILES string of the molecule is CCCNC1CCN(CCC2CCCCC2)C(C)C1. The summed E-state index contributed by atoms with van der Waals surface area (Å²) < 4.78 is 0. The number of rotatable bonds is 6. The second-order valence-corrected chi connectivity index (χ2v) is 6.85. The van der Waals surface area contributed by atoms with E-state index in [4.69, 9.17) is 0 Å². The van der Waals surface area contributed by atoms with Gasteiger partial charge in [0.2, 0.25) is 0 Å². The van der Waals surface area contributed by atoms with Gasteiger partial charge in [0.1, 0.15) is 0 Å². The van der Waals surface area contributed by atoms with E-state index in [9.17, 15) is 0 Å². The van der Waals surface area contributed by atoms with Gasteiger partial charge in [-0.05, 0) is 58.2 Å². The number of likely N-dealkylation sites (tertiary alicyclic amines) is 1. The van der Waals surface area contributed by atoms with Crippen LogP contribution in [0, 0.1) is 5.92 Å². The predicted molar refractivity (Wildman–Crippen MR) is 83.5 cm³/mol. The van der Waals surface area contributed by atoms with Gasteiger partial charge in [0.15, 0.2) is 0 Å². The first-order chi connectivity index (χ1) is 9.29. The second-order valence-electron chi connectivity index (χ2n) is 6.85. The first kappa shape index (κ1) is 15.3. The quantitative estimate of drug-likeness (QED) is 0.786. The first-order valence-corrected chi connectivity index (χ1v) is 8.77. The second kappa shape index (κ2) is 8.26. The molecule has 1 aliphatic carbocycles. The Morgan fingerprint density at radius 3 is 2.58 bits per heavy atom. The molecule has 1 heterocycles. The minimum Gasteiger partial charge on any atom is -0.314 e. The van der Waals surface area contributed by atoms with Crippen molar-refractivity contribution >= 4 is 0 Å². The third kappa shape index (κ3) is 5.07. The molecule has 112 valence electrons. The lowest BCUT2D eigenvalue weighted by Gasteiger charge is -2.39. The zero-order valence-corrected chi connectivity index (χ0v) is 13.2. The summed E-state index contributed by atoms with van der Waals surface area (Å²) >= 11 is 0. The van der Waals surface area contributed by atoms with E-state index in [0.29, 0.717) is 0 Å². The molecule has 1 N–H and O–H groups in total. The average molecular weight is 266 g/mol. The van der Waals surface area contributed by atoms with E-state index in [0.717, 1.165) is 18.0 Å². The molecule has 2 rings (SSSR count). The van der Waals surface area contributed by atoms with Crippen molar-refractivity contribution in [1.82, 2.24) is 10.2 Å². The molecule has 2 aliphatic rings. The minimum atomic E-state index is 0.779. The maximum Gasteiger partial charge on any atom is 0.00940 e. The van der Waals surface area contributed by atoms with Crippen LogP contribution in [-0.4, -0.2) is 36.6 Å². The predicted octanol–water partition coefficient (Wildman–Crippen LogP) is 3.81. The summed E-state index contributed by atoms with van der Waals surface area (Å²) in [6, 6.07) is 1.56. The highest BCUT2D eigenvalue weighted by Gasteiger charge is 2.25. The summed E-state index contributed by atoms with van der Waals surface area (Å²) in [6.45, 7) is 8.55. The van der Waals surface area contributed by atoms with Gasteiger partial charge in [-0.25, -0.2) is 0 Å². The summed E-state index contributed by atoms with van der Waals surface area (Å²) in [5, 5.41) is 3.70. The fraction of sp³-hybridized carbons (Fsp3) is 1.00. The summed E-state index contributed by atoms with van der Waals surface area (Å²) in [6.07, 6.45) is 12.9. The zero-order valence-electron chi connectivity index (χ0n) is 13.2. The van der Waals surface area contributed by atoms with Crippen LogP contribution in [0.5, 0.6) is 0 Å². The normalized spacial score (nSPS) is 30.6. The lowest BCUT2D eigenvalue weighted by Crippen LogP contribution is -2.48. The first-order valence-electron chi connectivity index (χ1n) is 8.77. The van der Waals surface area contributed by atoms with Crippen molar-refractivity contribution in [1.29, 1.82) is 0 Å². The molecule has 2 fully saturated rings. The van der Waals surface area contributed by atoms with Crippen LogP contribution in [0.2, 0.25) is 0 Å². The van der Waals surface area contributed by atoms with Gasteiger partial charge in [-0.15, -0.1) is 0 Å². The highest BCUT2D eigenvalue weighted by atomic mass is 15.2. The molecule has 0 aromatic heterocycles. The third-order valence-electron chi connectivity index (χ3n) is 5.25. The van der Waals surface area contributed by atoms with Crippen molar-refractivity contribution in [2.24, 2.45) is 5.92 Å². The number of hydrogen-bond donors (Lipinski definition) is 1. The molecule has 0 spiro atoms. The van der Waals surface area contributed by atoms with E-state index in [1.54, 1.807) is 0 Å². The Kier molecular flexibility index (Phi) is 6.66. The van der Waals surface area contributed by atoms with Crippen molar-refractivity contribution in [2.45, 2.75) is 83.7 Å². The largest absolute Gasteiger partial charge is 0.314 e. The molecule has 2 nitrogen and oxygen atoms in total. The van der Waals surface area contributed by atoms with Gasteiger partial charge in [0, 0.05) is 12.1 Å². The Labute approximate surface area is 120 Å². The Balaban J connectivity index is 1.64. The summed E-state index contributed by atoms with van der Waals surface area (Å²) in [4.78, 5) is 2.75. The van der Waals surface area contributed by atoms with Crippen LogP contribution in [0.25, 0.3) is 0 Å². The smallest absolute Gasteiger partial charge is 0.00940 e. The molecular weight excluding hydrogens is 232 g/mol. The van der Waals surface area contributed by atoms with Gasteiger partial charge in [0.05, 0.1) is 0 Å². The van der Waals surface area contributed by atoms with Crippen LogP contribution in [0.4, 0.5) is 0 Å². The maximum atomic E-state index is 3.70. The van der Waals surface area contributed by atoms with Gasteiger partial charge in [0.25, 0.3) is 0 Å². The molecule has 2 heteroatoms. The molecule has 0 aromatic rings. The topological polar surface area (TPSA) is 15.3 Å². The molecule has 0 aromatic carbocycles. The Morgan fingerprint density at radius 2 is 1.89 bits per heavy atom.